The molecule has 0 aliphatic carbocycles. The summed E-state index contributed by atoms with van der Waals surface area (Å²) in [4.78, 5) is 0. The molecule has 0 spiro atoms. The first-order valence-electron chi connectivity index (χ1n) is 3.41. The van der Waals surface area contributed by atoms with Gasteiger partial charge in [-0.3, -0.25) is 0 Å². The van der Waals surface area contributed by atoms with Gasteiger partial charge in [-0.15, -0.1) is 24.8 Å². The van der Waals surface area contributed by atoms with Gasteiger partial charge in [0.15, 0.2) is 0 Å². The quantitative estimate of drug-likeness (QED) is 0.586. The minimum absolute atomic E-state index is 0. The van der Waals surface area contributed by atoms with Crippen LogP contribution in [0, 0.1) is 0 Å². The standard InChI is InChI=1S/C6H14N2.2ClH/c1-3-7-5-2-6-8-4-1;;/h7-8H,1-6H2;2*1H. The van der Waals surface area contributed by atoms with Crippen LogP contribution in [0.5, 0.6) is 0 Å². The number of halogens is 2. The van der Waals surface area contributed by atoms with Crippen LogP contribution in [0.3, 0.4) is 0 Å². The van der Waals surface area contributed by atoms with E-state index in [1.165, 1.54) is 39.0 Å². The van der Waals surface area contributed by atoms with Gasteiger partial charge in [-0.2, -0.15) is 0 Å². The SMILES string of the molecule is C1CNCCCNC1.Cl.Cl. The van der Waals surface area contributed by atoms with E-state index in [0.717, 1.165) is 0 Å². The molecule has 2 N–H and O–H groups in total. The molecule has 0 amide bonds. The number of hydrogen-bond acceptors (Lipinski definition) is 2. The Morgan fingerprint density at radius 3 is 1.20 bits per heavy atom. The van der Waals surface area contributed by atoms with Gasteiger partial charge in [0.2, 0.25) is 0 Å². The Kier molecular flexibility index (Phi) is 12.5. The fourth-order valence-electron chi connectivity index (χ4n) is 0.927. The van der Waals surface area contributed by atoms with E-state index < -0.39 is 0 Å². The smallest absolute Gasteiger partial charge is 0.00368 e. The van der Waals surface area contributed by atoms with Gasteiger partial charge in [0, 0.05) is 0 Å². The van der Waals surface area contributed by atoms with Gasteiger partial charge in [0.1, 0.15) is 0 Å². The maximum atomic E-state index is 3.35. The monoisotopic (exact) mass is 186 g/mol. The van der Waals surface area contributed by atoms with Gasteiger partial charge in [-0.1, -0.05) is 0 Å². The lowest BCUT2D eigenvalue weighted by Crippen LogP contribution is -2.29. The molecule has 10 heavy (non-hydrogen) atoms. The van der Waals surface area contributed by atoms with Crippen molar-refractivity contribution < 1.29 is 0 Å². The Bertz CT molecular complexity index is 37.7. The third kappa shape index (κ3) is 6.62. The number of hydrogen-bond donors (Lipinski definition) is 2. The second kappa shape index (κ2) is 9.50. The van der Waals surface area contributed by atoms with Crippen LogP contribution in [0.15, 0.2) is 0 Å². The Balaban J connectivity index is 0. The highest BCUT2D eigenvalue weighted by molar-refractivity contribution is 5.85. The van der Waals surface area contributed by atoms with Crippen molar-refractivity contribution in [3.8, 4) is 0 Å². The van der Waals surface area contributed by atoms with E-state index in [-0.39, 0.29) is 24.8 Å². The normalized spacial score (nSPS) is 19.2. The highest BCUT2D eigenvalue weighted by Crippen LogP contribution is 1.81. The molecule has 1 rings (SSSR count). The van der Waals surface area contributed by atoms with Gasteiger partial charge in [0.05, 0.1) is 0 Å². The van der Waals surface area contributed by atoms with Crippen molar-refractivity contribution >= 4 is 24.8 Å². The maximum absolute atomic E-state index is 3.35. The first-order chi connectivity index (χ1) is 4.00. The summed E-state index contributed by atoms with van der Waals surface area (Å²) in [5.74, 6) is 0. The van der Waals surface area contributed by atoms with Crippen molar-refractivity contribution in [1.29, 1.82) is 0 Å². The second-order valence-electron chi connectivity index (χ2n) is 2.21. The van der Waals surface area contributed by atoms with Crippen LogP contribution in [0.25, 0.3) is 0 Å². The first kappa shape index (κ1) is 13.1. The molecule has 1 saturated heterocycles. The summed E-state index contributed by atoms with van der Waals surface area (Å²) in [7, 11) is 0. The van der Waals surface area contributed by atoms with Crippen molar-refractivity contribution in [1.82, 2.24) is 10.6 Å². The largest absolute Gasteiger partial charge is 0.317 e. The van der Waals surface area contributed by atoms with Crippen molar-refractivity contribution in [3.05, 3.63) is 0 Å². The van der Waals surface area contributed by atoms with E-state index in [1.807, 2.05) is 0 Å². The molecule has 1 fully saturated rings. The third-order valence-corrected chi connectivity index (χ3v) is 1.41. The van der Waals surface area contributed by atoms with Crippen molar-refractivity contribution in [2.24, 2.45) is 0 Å². The fourth-order valence-corrected chi connectivity index (χ4v) is 0.927. The lowest BCUT2D eigenvalue weighted by molar-refractivity contribution is 0.527. The molecule has 0 saturated carbocycles. The van der Waals surface area contributed by atoms with Crippen LogP contribution in [-0.4, -0.2) is 26.2 Å². The number of rotatable bonds is 0. The molecule has 1 aliphatic rings. The van der Waals surface area contributed by atoms with Crippen LogP contribution in [0.4, 0.5) is 0 Å². The topological polar surface area (TPSA) is 24.1 Å². The summed E-state index contributed by atoms with van der Waals surface area (Å²) >= 11 is 0. The summed E-state index contributed by atoms with van der Waals surface area (Å²) in [6, 6.07) is 0. The summed E-state index contributed by atoms with van der Waals surface area (Å²) in [5, 5.41) is 6.69. The predicted octanol–water partition coefficient (Wildman–Crippen LogP) is 0.803. The predicted molar refractivity (Wildman–Crippen MR) is 49.5 cm³/mol. The first-order valence-corrected chi connectivity index (χ1v) is 3.41. The Morgan fingerprint density at radius 2 is 0.900 bits per heavy atom. The molecule has 0 bridgehead atoms. The summed E-state index contributed by atoms with van der Waals surface area (Å²) in [6.07, 6.45) is 2.56. The molecule has 0 aromatic heterocycles. The van der Waals surface area contributed by atoms with Crippen molar-refractivity contribution in [3.63, 3.8) is 0 Å². The molecule has 0 aromatic rings. The lowest BCUT2D eigenvalue weighted by atomic mass is 10.3. The summed E-state index contributed by atoms with van der Waals surface area (Å²) in [6.45, 7) is 4.75. The molecule has 64 valence electrons. The summed E-state index contributed by atoms with van der Waals surface area (Å²) in [5.41, 5.74) is 0. The average molecular weight is 187 g/mol. The zero-order valence-electron chi connectivity index (χ0n) is 6.06. The molecule has 0 aromatic carbocycles. The lowest BCUT2D eigenvalue weighted by Gasteiger charge is -2.09. The van der Waals surface area contributed by atoms with E-state index >= 15 is 0 Å². The van der Waals surface area contributed by atoms with Crippen LogP contribution in [0.1, 0.15) is 12.8 Å². The highest BCUT2D eigenvalue weighted by atomic mass is 35.5. The zero-order chi connectivity index (χ0) is 5.66. The van der Waals surface area contributed by atoms with E-state index in [0.29, 0.717) is 0 Å². The van der Waals surface area contributed by atoms with Crippen molar-refractivity contribution in [2.75, 3.05) is 26.2 Å². The Hall–Kier alpha value is 0.500. The molecule has 1 aliphatic heterocycles. The van der Waals surface area contributed by atoms with E-state index in [9.17, 15) is 0 Å². The molecule has 4 heteroatoms. The minimum Gasteiger partial charge on any atom is -0.317 e. The van der Waals surface area contributed by atoms with Crippen LogP contribution >= 0.6 is 24.8 Å². The summed E-state index contributed by atoms with van der Waals surface area (Å²) < 4.78 is 0. The Morgan fingerprint density at radius 1 is 0.600 bits per heavy atom. The van der Waals surface area contributed by atoms with Crippen LogP contribution < -0.4 is 10.6 Å². The van der Waals surface area contributed by atoms with E-state index in [1.54, 1.807) is 0 Å². The molecular weight excluding hydrogens is 171 g/mol. The van der Waals surface area contributed by atoms with Crippen LogP contribution in [0.2, 0.25) is 0 Å². The third-order valence-electron chi connectivity index (χ3n) is 1.41. The van der Waals surface area contributed by atoms with Crippen LogP contribution in [-0.2, 0) is 0 Å². The Labute approximate surface area is 75.0 Å². The molecule has 0 unspecified atom stereocenters. The van der Waals surface area contributed by atoms with Gasteiger partial charge in [-0.25, -0.2) is 0 Å². The molecular formula is C6H16Cl2N2. The molecule has 0 radical (unpaired) electrons. The molecule has 0 atom stereocenters. The zero-order valence-corrected chi connectivity index (χ0v) is 7.69. The molecule has 2 nitrogen and oxygen atoms in total. The minimum atomic E-state index is 0. The van der Waals surface area contributed by atoms with E-state index in [2.05, 4.69) is 10.6 Å². The number of nitrogens with one attached hydrogen (secondary N) is 2. The van der Waals surface area contributed by atoms with Gasteiger partial charge >= 0.3 is 0 Å². The van der Waals surface area contributed by atoms with E-state index in [4.69, 9.17) is 0 Å². The van der Waals surface area contributed by atoms with Gasteiger partial charge < -0.3 is 10.6 Å². The highest BCUT2D eigenvalue weighted by Gasteiger charge is 1.92. The van der Waals surface area contributed by atoms with Gasteiger partial charge in [-0.05, 0) is 39.0 Å². The van der Waals surface area contributed by atoms with Crippen molar-refractivity contribution in [2.45, 2.75) is 12.8 Å². The second-order valence-corrected chi connectivity index (χ2v) is 2.21. The molecule has 1 heterocycles. The fraction of sp³-hybridized carbons (Fsp3) is 1.00. The maximum Gasteiger partial charge on any atom is -0.00368 e. The average Bonchev–Trinajstić information content (AvgIpc) is 1.62. The van der Waals surface area contributed by atoms with Gasteiger partial charge in [0.25, 0.3) is 0 Å².